The van der Waals surface area contributed by atoms with Crippen molar-refractivity contribution in [1.82, 2.24) is 39.0 Å². The molecule has 6 N–H and O–H groups in total. The van der Waals surface area contributed by atoms with Crippen LogP contribution in [0.1, 0.15) is 47.6 Å². The van der Waals surface area contributed by atoms with Gasteiger partial charge in [-0.3, -0.25) is 18.2 Å². The van der Waals surface area contributed by atoms with Gasteiger partial charge >= 0.3 is 7.60 Å². The van der Waals surface area contributed by atoms with Gasteiger partial charge in [0, 0.05) is 6.66 Å². The van der Waals surface area contributed by atoms with Crippen LogP contribution in [0.5, 0.6) is 11.8 Å². The molecule has 50 heavy (non-hydrogen) atoms. The van der Waals surface area contributed by atoms with Crippen LogP contribution in [0.3, 0.4) is 0 Å². The maximum atomic E-state index is 15.6. The van der Waals surface area contributed by atoms with Crippen molar-refractivity contribution < 1.29 is 51.6 Å². The average Bonchev–Trinajstić information content (AvgIpc) is 3.76. The maximum Gasteiger partial charge on any atom is 0.328 e. The fourth-order valence-electron chi connectivity index (χ4n) is 5.95. The number of aliphatic hydroxyl groups is 2. The lowest BCUT2D eigenvalue weighted by atomic mass is 9.98. The standard InChI is InChI=1S/C14H19FN5O5P.C13H18FN5O4.CH4/c1-4-22-11-8-10(18-13(16)19-11)20(6-17-8)12-14(2,15)9-7(24-12)5-23-26(3,21)25-9;1-3-22-10-7-9(17-12(15)18-10)19(5-16-7)11-13(2,14)8(21)6(4-20)23-11;/h6-7,9,12H,4-5H2,1-3H3,(H2,16,18,19);5-6,8,11,20-21H,3-4H2,1-2H3,(H2,15,17,18);1H4/t7-,9-,12-,14-,26?;6-,8-,11-,13-;/m11./s1. The molecule has 3 fully saturated rings. The summed E-state index contributed by atoms with van der Waals surface area (Å²) in [6.07, 6.45) is -3.92. The Morgan fingerprint density at radius 1 is 0.940 bits per heavy atom. The van der Waals surface area contributed by atoms with Gasteiger partial charge in [0.05, 0.1) is 39.1 Å². The van der Waals surface area contributed by atoms with Crippen LogP contribution in [0.25, 0.3) is 22.3 Å². The van der Waals surface area contributed by atoms with E-state index in [-0.39, 0.29) is 49.0 Å². The zero-order valence-corrected chi connectivity index (χ0v) is 28.0. The van der Waals surface area contributed by atoms with E-state index in [1.807, 2.05) is 0 Å². The molecule has 0 amide bonds. The predicted molar refractivity (Wildman–Crippen MR) is 173 cm³/mol. The monoisotopic (exact) mass is 730 g/mol. The molecule has 0 saturated carbocycles. The van der Waals surface area contributed by atoms with Gasteiger partial charge in [0.25, 0.3) is 0 Å². The largest absolute Gasteiger partial charge is 0.476 e. The first-order valence-corrected chi connectivity index (χ1v) is 17.3. The Bertz CT molecular complexity index is 1900. The highest BCUT2D eigenvalue weighted by Gasteiger charge is 2.60. The molecule has 3 aliphatic heterocycles. The Morgan fingerprint density at radius 3 is 1.90 bits per heavy atom. The number of fused-ring (bicyclic) bond motifs is 3. The van der Waals surface area contributed by atoms with Crippen molar-refractivity contribution in [1.29, 1.82) is 0 Å². The van der Waals surface area contributed by atoms with Crippen LogP contribution < -0.4 is 20.9 Å². The number of nitrogen functional groups attached to an aromatic ring is 2. The fourth-order valence-corrected chi connectivity index (χ4v) is 7.18. The summed E-state index contributed by atoms with van der Waals surface area (Å²) in [7, 11) is -3.32. The predicted octanol–water partition coefficient (Wildman–Crippen LogP) is 2.09. The molecule has 3 aliphatic rings. The lowest BCUT2D eigenvalue weighted by molar-refractivity contribution is -0.0594. The summed E-state index contributed by atoms with van der Waals surface area (Å²) in [5.74, 6) is 0.311. The van der Waals surface area contributed by atoms with E-state index in [0.29, 0.717) is 24.2 Å². The molecule has 0 aromatic carbocycles. The van der Waals surface area contributed by atoms with Crippen molar-refractivity contribution >= 4 is 41.8 Å². The molecule has 1 unspecified atom stereocenters. The van der Waals surface area contributed by atoms with Crippen LogP contribution in [0.15, 0.2) is 12.7 Å². The Kier molecular flexibility index (Phi) is 10.2. The molecule has 0 bridgehead atoms. The molecule has 4 aromatic rings. The molecule has 276 valence electrons. The maximum absolute atomic E-state index is 15.6. The quantitative estimate of drug-likeness (QED) is 0.199. The Morgan fingerprint density at radius 2 is 1.44 bits per heavy atom. The summed E-state index contributed by atoms with van der Waals surface area (Å²) in [5.41, 5.74) is 8.40. The third-order valence-electron chi connectivity index (χ3n) is 8.24. The first-order chi connectivity index (χ1) is 23.1. The number of halogens is 2. The number of anilines is 2. The SMILES string of the molecule is C.CCOc1nc(N)nc2c1ncn2[C@@H]1O[C@@H]2COP(C)(=O)O[C@H]2[C@@]1(C)F.CCOc1nc(N)nc2c1ncn2[C@@H]1O[C@H](CO)[C@@H](O)[C@@]1(C)F. The van der Waals surface area contributed by atoms with E-state index >= 15 is 4.39 Å². The highest BCUT2D eigenvalue weighted by atomic mass is 31.2. The molecule has 7 rings (SSSR count). The van der Waals surface area contributed by atoms with Crippen molar-refractivity contribution in [2.24, 2.45) is 0 Å². The third kappa shape index (κ3) is 6.42. The third-order valence-corrected chi connectivity index (χ3v) is 9.46. The molecule has 4 aromatic heterocycles. The number of alkyl halides is 2. The molecule has 0 spiro atoms. The summed E-state index contributed by atoms with van der Waals surface area (Å²) >= 11 is 0. The van der Waals surface area contributed by atoms with Gasteiger partial charge in [0.2, 0.25) is 23.7 Å². The molecular formula is C28H41F2N10O9P. The summed E-state index contributed by atoms with van der Waals surface area (Å²) in [4.78, 5) is 24.5. The molecule has 7 heterocycles. The Hall–Kier alpha value is -3.85. The normalized spacial score (nSPS) is 33.5. The van der Waals surface area contributed by atoms with Crippen LogP contribution in [0, 0.1) is 0 Å². The van der Waals surface area contributed by atoms with Crippen LogP contribution in [-0.4, -0.2) is 118 Å². The van der Waals surface area contributed by atoms with E-state index in [9.17, 15) is 19.2 Å². The van der Waals surface area contributed by atoms with Gasteiger partial charge in [-0.25, -0.2) is 18.7 Å². The van der Waals surface area contributed by atoms with Crippen molar-refractivity contribution in [3.63, 3.8) is 0 Å². The topological polar surface area (TPSA) is 252 Å². The minimum absolute atomic E-state index is 0. The minimum atomic E-state index is -3.32. The van der Waals surface area contributed by atoms with Gasteiger partial charge in [-0.05, 0) is 27.7 Å². The number of nitrogens with two attached hydrogens (primary N) is 2. The van der Waals surface area contributed by atoms with Crippen molar-refractivity contribution in [3.05, 3.63) is 12.7 Å². The number of nitrogens with zero attached hydrogens (tertiary/aromatic N) is 8. The van der Waals surface area contributed by atoms with Crippen LogP contribution in [0.4, 0.5) is 20.7 Å². The summed E-state index contributed by atoms with van der Waals surface area (Å²) in [5, 5.41) is 19.2. The van der Waals surface area contributed by atoms with Gasteiger partial charge in [0.1, 0.15) is 24.4 Å². The van der Waals surface area contributed by atoms with Gasteiger partial charge in [-0.1, -0.05) is 7.43 Å². The molecule has 3 saturated heterocycles. The van der Waals surface area contributed by atoms with Crippen molar-refractivity contribution in [2.45, 2.75) is 83.3 Å². The second-order valence-electron chi connectivity index (χ2n) is 11.9. The summed E-state index contributed by atoms with van der Waals surface area (Å²) < 4.78 is 77.9. The van der Waals surface area contributed by atoms with E-state index in [2.05, 4.69) is 29.9 Å². The van der Waals surface area contributed by atoms with Gasteiger partial charge in [0.15, 0.2) is 46.1 Å². The van der Waals surface area contributed by atoms with E-state index < -0.39 is 62.4 Å². The minimum Gasteiger partial charge on any atom is -0.476 e. The van der Waals surface area contributed by atoms with Crippen molar-refractivity contribution in [2.75, 3.05) is 44.6 Å². The number of hydrogen-bond acceptors (Lipinski definition) is 17. The first-order valence-electron chi connectivity index (χ1n) is 15.3. The summed E-state index contributed by atoms with van der Waals surface area (Å²) in [6, 6.07) is 0. The fraction of sp³-hybridized carbons (Fsp3) is 0.643. The zero-order valence-electron chi connectivity index (χ0n) is 27.1. The molecular weight excluding hydrogens is 689 g/mol. The second kappa shape index (κ2) is 13.7. The number of rotatable bonds is 7. The van der Waals surface area contributed by atoms with Crippen LogP contribution in [-0.2, 0) is 23.1 Å². The molecule has 9 atom stereocenters. The number of ether oxygens (including phenoxy) is 4. The number of aliphatic hydroxyl groups excluding tert-OH is 2. The Labute approximate surface area is 284 Å². The van der Waals surface area contributed by atoms with Gasteiger partial charge in [-0.15, -0.1) is 0 Å². The van der Waals surface area contributed by atoms with Gasteiger partial charge < -0.3 is 45.2 Å². The molecule has 0 aliphatic carbocycles. The zero-order chi connectivity index (χ0) is 35.5. The first kappa shape index (κ1) is 37.4. The molecule has 19 nitrogen and oxygen atoms in total. The lowest BCUT2D eigenvalue weighted by Gasteiger charge is -2.33. The highest BCUT2D eigenvalue weighted by molar-refractivity contribution is 7.53. The van der Waals surface area contributed by atoms with Crippen LogP contribution >= 0.6 is 7.60 Å². The van der Waals surface area contributed by atoms with E-state index in [1.165, 1.54) is 42.3 Å². The number of imidazole rings is 2. The highest BCUT2D eigenvalue weighted by Crippen LogP contribution is 2.57. The average molecular weight is 731 g/mol. The lowest BCUT2D eigenvalue weighted by Crippen LogP contribution is -2.44. The molecule has 22 heteroatoms. The number of aromatic nitrogens is 8. The van der Waals surface area contributed by atoms with Crippen LogP contribution in [0.2, 0.25) is 0 Å². The van der Waals surface area contributed by atoms with E-state index in [1.54, 1.807) is 13.8 Å². The second-order valence-corrected chi connectivity index (χ2v) is 13.9. The molecule has 0 radical (unpaired) electrons. The van der Waals surface area contributed by atoms with E-state index in [0.717, 1.165) is 0 Å². The van der Waals surface area contributed by atoms with Gasteiger partial charge in [-0.2, -0.15) is 19.9 Å². The summed E-state index contributed by atoms with van der Waals surface area (Å²) in [6.45, 7) is 7.58. The Balaban J connectivity index is 0.000000192. The van der Waals surface area contributed by atoms with E-state index in [4.69, 9.17) is 39.5 Å². The smallest absolute Gasteiger partial charge is 0.328 e. The number of hydrogen-bond donors (Lipinski definition) is 4. The van der Waals surface area contributed by atoms with Crippen molar-refractivity contribution in [3.8, 4) is 11.8 Å².